The number of nitrogens with one attached hydrogen (secondary N) is 1. The molecule has 0 amide bonds. The van der Waals surface area contributed by atoms with Crippen molar-refractivity contribution in [2.24, 2.45) is 0 Å². The van der Waals surface area contributed by atoms with Crippen molar-refractivity contribution in [2.45, 2.75) is 51.6 Å². The Labute approximate surface area is 102 Å². The zero-order valence-electron chi connectivity index (χ0n) is 10.4. The van der Waals surface area contributed by atoms with Crippen LogP contribution in [0.5, 0.6) is 0 Å². The summed E-state index contributed by atoms with van der Waals surface area (Å²) in [5.41, 5.74) is -1.28. The van der Waals surface area contributed by atoms with Gasteiger partial charge >= 0.3 is 5.97 Å². The van der Waals surface area contributed by atoms with Gasteiger partial charge in [-0.05, 0) is 33.1 Å². The van der Waals surface area contributed by atoms with Crippen LogP contribution < -0.4 is 4.72 Å². The van der Waals surface area contributed by atoms with Crippen LogP contribution in [-0.4, -0.2) is 41.9 Å². The van der Waals surface area contributed by atoms with Gasteiger partial charge in [0.2, 0.25) is 0 Å². The summed E-state index contributed by atoms with van der Waals surface area (Å²) in [6.45, 7) is 5.39. The SMILES string of the molecule is CCC1(C(=O)O)CCCN1S(=O)(=O)NC(C)C. The van der Waals surface area contributed by atoms with Gasteiger partial charge < -0.3 is 5.11 Å². The third-order valence-electron chi connectivity index (χ3n) is 3.09. The molecule has 2 N–H and O–H groups in total. The van der Waals surface area contributed by atoms with Crippen LogP contribution in [0.15, 0.2) is 0 Å². The van der Waals surface area contributed by atoms with Crippen molar-refractivity contribution in [1.82, 2.24) is 9.03 Å². The normalized spacial score (nSPS) is 26.6. The van der Waals surface area contributed by atoms with E-state index in [0.29, 0.717) is 12.8 Å². The zero-order valence-corrected chi connectivity index (χ0v) is 11.2. The molecule has 0 bridgehead atoms. The van der Waals surface area contributed by atoms with Gasteiger partial charge in [-0.1, -0.05) is 6.92 Å². The van der Waals surface area contributed by atoms with E-state index >= 15 is 0 Å². The van der Waals surface area contributed by atoms with Crippen molar-refractivity contribution < 1.29 is 18.3 Å². The van der Waals surface area contributed by atoms with E-state index in [1.165, 1.54) is 0 Å². The fraction of sp³-hybridized carbons (Fsp3) is 0.900. The largest absolute Gasteiger partial charge is 0.480 e. The molecule has 0 radical (unpaired) electrons. The molecule has 0 aromatic carbocycles. The van der Waals surface area contributed by atoms with E-state index in [2.05, 4.69) is 4.72 Å². The number of carbonyl (C=O) groups is 1. The molecule has 0 aliphatic carbocycles. The van der Waals surface area contributed by atoms with Crippen LogP contribution in [0, 0.1) is 0 Å². The van der Waals surface area contributed by atoms with Gasteiger partial charge in [0.05, 0.1) is 0 Å². The van der Waals surface area contributed by atoms with Crippen molar-refractivity contribution in [2.75, 3.05) is 6.54 Å². The molecule has 1 atom stereocenters. The molecule has 0 saturated carbocycles. The predicted octanol–water partition coefficient (Wildman–Crippen LogP) is 0.558. The van der Waals surface area contributed by atoms with Crippen molar-refractivity contribution in [3.8, 4) is 0 Å². The summed E-state index contributed by atoms with van der Waals surface area (Å²) in [6.07, 6.45) is 1.23. The van der Waals surface area contributed by atoms with Crippen LogP contribution in [0.25, 0.3) is 0 Å². The van der Waals surface area contributed by atoms with Gasteiger partial charge in [-0.3, -0.25) is 4.79 Å². The minimum Gasteiger partial charge on any atom is -0.480 e. The lowest BCUT2D eigenvalue weighted by Gasteiger charge is -2.33. The summed E-state index contributed by atoms with van der Waals surface area (Å²) in [4.78, 5) is 11.4. The average Bonchev–Trinajstić information content (AvgIpc) is 2.60. The highest BCUT2D eigenvalue weighted by atomic mass is 32.2. The maximum atomic E-state index is 12.1. The van der Waals surface area contributed by atoms with E-state index in [9.17, 15) is 18.3 Å². The second-order valence-electron chi connectivity index (χ2n) is 4.64. The molecule has 0 spiro atoms. The van der Waals surface area contributed by atoms with Crippen LogP contribution in [0.1, 0.15) is 40.0 Å². The molecule has 7 heteroatoms. The number of carboxylic acid groups (broad SMARTS) is 1. The maximum absolute atomic E-state index is 12.1. The van der Waals surface area contributed by atoms with Crippen LogP contribution in [-0.2, 0) is 15.0 Å². The first-order valence-corrected chi connectivity index (χ1v) is 7.24. The maximum Gasteiger partial charge on any atom is 0.325 e. The summed E-state index contributed by atoms with van der Waals surface area (Å²) in [7, 11) is -3.72. The van der Waals surface area contributed by atoms with Crippen molar-refractivity contribution in [3.05, 3.63) is 0 Å². The quantitative estimate of drug-likeness (QED) is 0.759. The molecule has 0 aromatic rings. The molecule has 1 aliphatic rings. The van der Waals surface area contributed by atoms with E-state index in [-0.39, 0.29) is 19.0 Å². The van der Waals surface area contributed by atoms with Crippen molar-refractivity contribution >= 4 is 16.2 Å². The Hall–Kier alpha value is -0.660. The Bertz CT molecular complexity index is 393. The summed E-state index contributed by atoms with van der Waals surface area (Å²) in [5, 5.41) is 9.30. The lowest BCUT2D eigenvalue weighted by Crippen LogP contribution is -2.56. The number of hydrogen-bond donors (Lipinski definition) is 2. The lowest BCUT2D eigenvalue weighted by atomic mass is 9.95. The Balaban J connectivity index is 3.08. The highest BCUT2D eigenvalue weighted by Crippen LogP contribution is 2.34. The van der Waals surface area contributed by atoms with Gasteiger partial charge in [-0.25, -0.2) is 0 Å². The van der Waals surface area contributed by atoms with Crippen LogP contribution >= 0.6 is 0 Å². The van der Waals surface area contributed by atoms with Crippen molar-refractivity contribution in [1.29, 1.82) is 0 Å². The summed E-state index contributed by atoms with van der Waals surface area (Å²) in [5.74, 6) is -1.06. The molecule has 1 fully saturated rings. The highest BCUT2D eigenvalue weighted by Gasteiger charge is 2.51. The van der Waals surface area contributed by atoms with Gasteiger partial charge in [0, 0.05) is 12.6 Å². The van der Waals surface area contributed by atoms with Gasteiger partial charge in [-0.2, -0.15) is 17.4 Å². The van der Waals surface area contributed by atoms with Crippen LogP contribution in [0.2, 0.25) is 0 Å². The van der Waals surface area contributed by atoms with E-state index < -0.39 is 21.7 Å². The highest BCUT2D eigenvalue weighted by molar-refractivity contribution is 7.87. The molecule has 1 heterocycles. The Morgan fingerprint density at radius 3 is 2.53 bits per heavy atom. The summed E-state index contributed by atoms with van der Waals surface area (Å²) in [6, 6.07) is -0.246. The Morgan fingerprint density at radius 2 is 2.12 bits per heavy atom. The number of hydrogen-bond acceptors (Lipinski definition) is 3. The van der Waals surface area contributed by atoms with E-state index in [1.807, 2.05) is 0 Å². The third kappa shape index (κ3) is 2.61. The molecule has 17 heavy (non-hydrogen) atoms. The molecular weight excluding hydrogens is 244 g/mol. The molecule has 1 aliphatic heterocycles. The minimum absolute atomic E-state index is 0.246. The lowest BCUT2D eigenvalue weighted by molar-refractivity contribution is -0.147. The molecular formula is C10H20N2O4S. The first kappa shape index (κ1) is 14.4. The van der Waals surface area contributed by atoms with Gasteiger partial charge in [0.15, 0.2) is 0 Å². The van der Waals surface area contributed by atoms with Crippen LogP contribution in [0.3, 0.4) is 0 Å². The molecule has 1 rings (SSSR count). The second-order valence-corrected chi connectivity index (χ2v) is 6.27. The predicted molar refractivity (Wildman–Crippen MR) is 63.8 cm³/mol. The first-order chi connectivity index (χ1) is 7.76. The second kappa shape index (κ2) is 4.91. The summed E-state index contributed by atoms with van der Waals surface area (Å²) < 4.78 is 27.7. The smallest absolute Gasteiger partial charge is 0.325 e. The number of aliphatic carboxylic acids is 1. The fourth-order valence-corrected chi connectivity index (χ4v) is 4.13. The van der Waals surface area contributed by atoms with Crippen molar-refractivity contribution in [3.63, 3.8) is 0 Å². The number of rotatable bonds is 5. The first-order valence-electron chi connectivity index (χ1n) is 5.80. The van der Waals surface area contributed by atoms with Crippen LogP contribution in [0.4, 0.5) is 0 Å². The molecule has 0 aromatic heterocycles. The molecule has 6 nitrogen and oxygen atoms in total. The fourth-order valence-electron chi connectivity index (χ4n) is 2.28. The van der Waals surface area contributed by atoms with E-state index in [0.717, 1.165) is 4.31 Å². The summed E-state index contributed by atoms with van der Waals surface area (Å²) >= 11 is 0. The number of carboxylic acids is 1. The molecule has 1 unspecified atom stereocenters. The minimum atomic E-state index is -3.72. The Kier molecular flexibility index (Phi) is 4.16. The van der Waals surface area contributed by atoms with Gasteiger partial charge in [-0.15, -0.1) is 0 Å². The Morgan fingerprint density at radius 1 is 1.53 bits per heavy atom. The zero-order chi connectivity index (χ0) is 13.3. The van der Waals surface area contributed by atoms with E-state index in [1.54, 1.807) is 20.8 Å². The molecule has 100 valence electrons. The van der Waals surface area contributed by atoms with Gasteiger partial charge in [0.25, 0.3) is 10.2 Å². The monoisotopic (exact) mass is 264 g/mol. The van der Waals surface area contributed by atoms with E-state index in [4.69, 9.17) is 0 Å². The number of nitrogens with zero attached hydrogens (tertiary/aromatic N) is 1. The van der Waals surface area contributed by atoms with Gasteiger partial charge in [0.1, 0.15) is 5.54 Å². The molecule has 1 saturated heterocycles. The topological polar surface area (TPSA) is 86.7 Å². The standard InChI is InChI=1S/C10H20N2O4S/c1-4-10(9(13)14)6-5-7-12(10)17(15,16)11-8(2)3/h8,11H,4-7H2,1-3H3,(H,13,14). The third-order valence-corrected chi connectivity index (χ3v) is 4.97. The average molecular weight is 264 g/mol.